The molecule has 0 aliphatic rings. The van der Waals surface area contributed by atoms with Crippen LogP contribution in [0.1, 0.15) is 54.4 Å². The average Bonchev–Trinajstić information content (AvgIpc) is 2.14. The molecule has 0 rings (SSSR count). The normalized spacial score (nSPS) is 17.9. The van der Waals surface area contributed by atoms with Crippen LogP contribution in [0, 0.1) is 23.2 Å². The number of carbonyl (C=O) groups is 1. The summed E-state index contributed by atoms with van der Waals surface area (Å²) in [6.45, 7) is 11.9. The van der Waals surface area contributed by atoms with Crippen LogP contribution in [0.25, 0.3) is 0 Å². The number of carboxylic acid groups (broad SMARTS) is 1. The SMILES string of the molecule is CC(C)CC(C)C(O)C(C)(C)CC(C)C(=O)O. The quantitative estimate of drug-likeness (QED) is 0.723. The molecule has 102 valence electrons. The molecule has 0 amide bonds. The Hall–Kier alpha value is -0.570. The zero-order chi connectivity index (χ0) is 13.8. The maximum atomic E-state index is 10.9. The van der Waals surface area contributed by atoms with E-state index in [9.17, 15) is 9.90 Å². The Bertz CT molecular complexity index is 246. The van der Waals surface area contributed by atoms with E-state index in [1.807, 2.05) is 20.8 Å². The predicted octanol–water partition coefficient (Wildman–Crippen LogP) is 3.17. The van der Waals surface area contributed by atoms with Crippen molar-refractivity contribution in [3.05, 3.63) is 0 Å². The van der Waals surface area contributed by atoms with Crippen LogP contribution in [0.2, 0.25) is 0 Å². The summed E-state index contributed by atoms with van der Waals surface area (Å²) in [4.78, 5) is 10.9. The smallest absolute Gasteiger partial charge is 0.306 e. The number of rotatable bonds is 7. The highest BCUT2D eigenvalue weighted by Gasteiger charge is 2.34. The molecule has 0 saturated carbocycles. The second-order valence-electron chi connectivity index (χ2n) is 6.48. The molecule has 3 heteroatoms. The highest BCUT2D eigenvalue weighted by atomic mass is 16.4. The maximum Gasteiger partial charge on any atom is 0.306 e. The molecule has 0 radical (unpaired) electrons. The fourth-order valence-electron chi connectivity index (χ4n) is 2.64. The van der Waals surface area contributed by atoms with Crippen LogP contribution < -0.4 is 0 Å². The third kappa shape index (κ3) is 5.53. The summed E-state index contributed by atoms with van der Waals surface area (Å²) >= 11 is 0. The molecule has 0 aromatic heterocycles. The highest BCUT2D eigenvalue weighted by molar-refractivity contribution is 5.69. The number of aliphatic carboxylic acids is 1. The molecule has 0 heterocycles. The third-order valence-corrected chi connectivity index (χ3v) is 3.44. The summed E-state index contributed by atoms with van der Waals surface area (Å²) in [5.41, 5.74) is -0.355. The monoisotopic (exact) mass is 244 g/mol. The summed E-state index contributed by atoms with van der Waals surface area (Å²) in [6, 6.07) is 0. The fourth-order valence-corrected chi connectivity index (χ4v) is 2.64. The molecule has 0 bridgehead atoms. The zero-order valence-corrected chi connectivity index (χ0v) is 12.0. The molecule has 17 heavy (non-hydrogen) atoms. The van der Waals surface area contributed by atoms with Crippen molar-refractivity contribution in [2.24, 2.45) is 23.2 Å². The van der Waals surface area contributed by atoms with Crippen LogP contribution in [-0.4, -0.2) is 22.3 Å². The van der Waals surface area contributed by atoms with Crippen molar-refractivity contribution in [2.45, 2.75) is 60.5 Å². The Labute approximate surface area is 105 Å². The highest BCUT2D eigenvalue weighted by Crippen LogP contribution is 2.35. The van der Waals surface area contributed by atoms with Crippen molar-refractivity contribution >= 4 is 5.97 Å². The second kappa shape index (κ2) is 6.39. The van der Waals surface area contributed by atoms with Gasteiger partial charge in [-0.3, -0.25) is 4.79 Å². The minimum Gasteiger partial charge on any atom is -0.481 e. The van der Waals surface area contributed by atoms with Crippen LogP contribution in [0.4, 0.5) is 0 Å². The maximum absolute atomic E-state index is 10.9. The van der Waals surface area contributed by atoms with E-state index in [2.05, 4.69) is 13.8 Å². The molecule has 0 fully saturated rings. The van der Waals surface area contributed by atoms with E-state index in [-0.39, 0.29) is 11.3 Å². The van der Waals surface area contributed by atoms with Crippen molar-refractivity contribution in [2.75, 3.05) is 0 Å². The van der Waals surface area contributed by atoms with E-state index in [0.717, 1.165) is 6.42 Å². The van der Waals surface area contributed by atoms with E-state index in [1.54, 1.807) is 6.92 Å². The molecule has 0 aliphatic carbocycles. The van der Waals surface area contributed by atoms with Gasteiger partial charge in [0.2, 0.25) is 0 Å². The molecular formula is C14H28O3. The van der Waals surface area contributed by atoms with Gasteiger partial charge in [0, 0.05) is 0 Å². The van der Waals surface area contributed by atoms with Gasteiger partial charge in [0.05, 0.1) is 12.0 Å². The first-order valence-electron chi connectivity index (χ1n) is 6.48. The Morgan fingerprint density at radius 3 is 2.00 bits per heavy atom. The molecule has 0 aromatic rings. The summed E-state index contributed by atoms with van der Waals surface area (Å²) in [5, 5.41) is 19.3. The summed E-state index contributed by atoms with van der Waals surface area (Å²) in [6.07, 6.45) is 1.02. The summed E-state index contributed by atoms with van der Waals surface area (Å²) in [5.74, 6) is -0.453. The molecule has 0 spiro atoms. The molecule has 2 N–H and O–H groups in total. The number of carboxylic acids is 1. The van der Waals surface area contributed by atoms with Crippen molar-refractivity contribution in [1.82, 2.24) is 0 Å². The van der Waals surface area contributed by atoms with E-state index in [1.165, 1.54) is 0 Å². The van der Waals surface area contributed by atoms with Crippen molar-refractivity contribution in [1.29, 1.82) is 0 Å². The number of hydrogen-bond donors (Lipinski definition) is 2. The first kappa shape index (κ1) is 16.4. The average molecular weight is 244 g/mol. The molecule has 3 nitrogen and oxygen atoms in total. The van der Waals surface area contributed by atoms with Crippen LogP contribution in [0.15, 0.2) is 0 Å². The van der Waals surface area contributed by atoms with E-state index >= 15 is 0 Å². The van der Waals surface area contributed by atoms with Crippen LogP contribution in [0.5, 0.6) is 0 Å². The Morgan fingerprint density at radius 2 is 1.65 bits per heavy atom. The van der Waals surface area contributed by atoms with Gasteiger partial charge in [-0.25, -0.2) is 0 Å². The van der Waals surface area contributed by atoms with E-state index in [0.29, 0.717) is 12.3 Å². The van der Waals surface area contributed by atoms with Gasteiger partial charge in [-0.1, -0.05) is 41.5 Å². The van der Waals surface area contributed by atoms with Gasteiger partial charge < -0.3 is 10.2 Å². The number of aliphatic hydroxyl groups excluding tert-OH is 1. The predicted molar refractivity (Wildman–Crippen MR) is 69.8 cm³/mol. The molecule has 3 atom stereocenters. The third-order valence-electron chi connectivity index (χ3n) is 3.44. The van der Waals surface area contributed by atoms with Gasteiger partial charge in [0.25, 0.3) is 0 Å². The topological polar surface area (TPSA) is 57.5 Å². The van der Waals surface area contributed by atoms with Crippen LogP contribution in [0.3, 0.4) is 0 Å². The van der Waals surface area contributed by atoms with Gasteiger partial charge in [-0.15, -0.1) is 0 Å². The van der Waals surface area contributed by atoms with Gasteiger partial charge in [0.15, 0.2) is 0 Å². The van der Waals surface area contributed by atoms with Crippen molar-refractivity contribution < 1.29 is 15.0 Å². The van der Waals surface area contributed by atoms with Gasteiger partial charge in [0.1, 0.15) is 0 Å². The molecular weight excluding hydrogens is 216 g/mol. The first-order valence-corrected chi connectivity index (χ1v) is 6.48. The lowest BCUT2D eigenvalue weighted by atomic mass is 9.73. The lowest BCUT2D eigenvalue weighted by Gasteiger charge is -2.36. The number of aliphatic hydroxyl groups is 1. The Kier molecular flexibility index (Phi) is 6.17. The van der Waals surface area contributed by atoms with E-state index < -0.39 is 18.0 Å². The summed E-state index contributed by atoms with van der Waals surface area (Å²) < 4.78 is 0. The minimum absolute atomic E-state index is 0.200. The number of hydrogen-bond acceptors (Lipinski definition) is 2. The largest absolute Gasteiger partial charge is 0.481 e. The van der Waals surface area contributed by atoms with Crippen LogP contribution in [-0.2, 0) is 4.79 Å². The van der Waals surface area contributed by atoms with Gasteiger partial charge in [-0.2, -0.15) is 0 Å². The fraction of sp³-hybridized carbons (Fsp3) is 0.929. The second-order valence-corrected chi connectivity index (χ2v) is 6.48. The molecule has 0 aromatic carbocycles. The lowest BCUT2D eigenvalue weighted by molar-refractivity contribution is -0.143. The molecule has 3 unspecified atom stereocenters. The van der Waals surface area contributed by atoms with Crippen molar-refractivity contribution in [3.8, 4) is 0 Å². The lowest BCUT2D eigenvalue weighted by Crippen LogP contribution is -2.37. The van der Waals surface area contributed by atoms with Gasteiger partial charge >= 0.3 is 5.97 Å². The Balaban J connectivity index is 4.52. The Morgan fingerprint density at radius 1 is 1.18 bits per heavy atom. The summed E-state index contributed by atoms with van der Waals surface area (Å²) in [7, 11) is 0. The standard InChI is InChI=1S/C14H28O3/c1-9(2)7-10(3)12(15)14(5,6)8-11(4)13(16)17/h9-12,15H,7-8H2,1-6H3,(H,16,17). The molecule has 0 aliphatic heterocycles. The molecule has 0 saturated heterocycles. The van der Waals surface area contributed by atoms with E-state index in [4.69, 9.17) is 5.11 Å². The van der Waals surface area contributed by atoms with Crippen molar-refractivity contribution in [3.63, 3.8) is 0 Å². The first-order chi connectivity index (χ1) is 7.58. The van der Waals surface area contributed by atoms with Crippen LogP contribution >= 0.6 is 0 Å². The minimum atomic E-state index is -0.790. The van der Waals surface area contributed by atoms with Gasteiger partial charge in [-0.05, 0) is 30.1 Å². The zero-order valence-electron chi connectivity index (χ0n) is 12.0.